The number of esters is 2. The first kappa shape index (κ1) is 29.3. The van der Waals surface area contributed by atoms with E-state index in [1.54, 1.807) is 42.7 Å². The second kappa shape index (κ2) is 13.5. The molecule has 12 heteroatoms. The van der Waals surface area contributed by atoms with E-state index in [2.05, 4.69) is 20.9 Å². The first-order valence-electron chi connectivity index (χ1n) is 11.8. The van der Waals surface area contributed by atoms with Crippen molar-refractivity contribution in [3.63, 3.8) is 0 Å². The van der Waals surface area contributed by atoms with Crippen LogP contribution >= 0.6 is 23.2 Å². The Morgan fingerprint density at radius 3 is 2.34 bits per heavy atom. The number of methoxy groups -OCH3 is 1. The van der Waals surface area contributed by atoms with Gasteiger partial charge in [0.1, 0.15) is 5.52 Å². The molecule has 0 aliphatic carbocycles. The number of benzene rings is 1. The van der Waals surface area contributed by atoms with E-state index in [0.29, 0.717) is 16.7 Å². The fraction of sp³-hybridized carbons (Fsp3) is 0.423. The molecule has 2 unspecified atom stereocenters. The Labute approximate surface area is 230 Å². The van der Waals surface area contributed by atoms with Gasteiger partial charge in [0.05, 0.1) is 38.2 Å². The maximum Gasteiger partial charge on any atom is 0.350 e. The maximum atomic E-state index is 13.2. The smallest absolute Gasteiger partial charge is 0.350 e. The van der Waals surface area contributed by atoms with E-state index >= 15 is 0 Å². The molecule has 38 heavy (non-hydrogen) atoms. The van der Waals surface area contributed by atoms with Crippen molar-refractivity contribution in [2.24, 2.45) is 5.92 Å². The first-order valence-corrected chi connectivity index (χ1v) is 12.6. The molecule has 0 spiro atoms. The van der Waals surface area contributed by atoms with Crippen LogP contribution in [0.15, 0.2) is 36.7 Å². The molecule has 0 radical (unpaired) electrons. The maximum absolute atomic E-state index is 13.2. The lowest BCUT2D eigenvalue weighted by Crippen LogP contribution is -2.54. The van der Waals surface area contributed by atoms with E-state index in [-0.39, 0.29) is 43.2 Å². The van der Waals surface area contributed by atoms with Crippen molar-refractivity contribution in [1.82, 2.24) is 19.5 Å². The molecule has 2 heterocycles. The number of carbonyl (C=O) groups excluding carboxylic acids is 2. The van der Waals surface area contributed by atoms with E-state index in [0.717, 1.165) is 0 Å². The topological polar surface area (TPSA) is 115 Å². The zero-order valence-corrected chi connectivity index (χ0v) is 22.7. The number of ether oxygens (including phenoxy) is 4. The summed E-state index contributed by atoms with van der Waals surface area (Å²) in [6, 6.07) is 8.96. The van der Waals surface area contributed by atoms with Crippen molar-refractivity contribution < 1.29 is 28.5 Å². The third kappa shape index (κ3) is 6.60. The van der Waals surface area contributed by atoms with Gasteiger partial charge >= 0.3 is 11.9 Å². The van der Waals surface area contributed by atoms with Gasteiger partial charge in [-0.2, -0.15) is 4.98 Å². The average molecular weight is 563 g/mol. The summed E-state index contributed by atoms with van der Waals surface area (Å²) in [4.78, 5) is 38.7. The van der Waals surface area contributed by atoms with Crippen LogP contribution in [-0.2, 0) is 41.5 Å². The summed E-state index contributed by atoms with van der Waals surface area (Å²) < 4.78 is 23.9. The van der Waals surface area contributed by atoms with Crippen LogP contribution in [0.1, 0.15) is 19.4 Å². The Morgan fingerprint density at radius 2 is 1.76 bits per heavy atom. The number of hydrogen-bond donors (Lipinski definition) is 0. The minimum atomic E-state index is -2.07. The molecule has 0 amide bonds. The third-order valence-electron chi connectivity index (χ3n) is 5.75. The van der Waals surface area contributed by atoms with Crippen molar-refractivity contribution in [2.45, 2.75) is 38.5 Å². The molecule has 0 aliphatic heterocycles. The molecule has 3 aromatic rings. The Hall–Kier alpha value is -3.23. The van der Waals surface area contributed by atoms with Crippen molar-refractivity contribution in [2.75, 3.05) is 26.9 Å². The van der Waals surface area contributed by atoms with Gasteiger partial charge in [0.15, 0.2) is 10.8 Å². The lowest BCUT2D eigenvalue weighted by Gasteiger charge is -2.32. The summed E-state index contributed by atoms with van der Waals surface area (Å²) in [5, 5.41) is 0.0694. The summed E-state index contributed by atoms with van der Waals surface area (Å²) in [7, 11) is 1.45. The van der Waals surface area contributed by atoms with Gasteiger partial charge in [-0.05, 0) is 31.0 Å². The first-order chi connectivity index (χ1) is 18.3. The highest BCUT2D eigenvalue weighted by atomic mass is 35.5. The molecule has 10 nitrogen and oxygen atoms in total. The summed E-state index contributed by atoms with van der Waals surface area (Å²) in [6.07, 6.45) is 6.52. The molecular formula is C26H28Cl2N4O6. The average Bonchev–Trinajstić information content (AvgIpc) is 3.30. The monoisotopic (exact) mass is 562 g/mol. The van der Waals surface area contributed by atoms with Gasteiger partial charge in [-0.3, -0.25) is 0 Å². The van der Waals surface area contributed by atoms with Gasteiger partial charge in [-0.25, -0.2) is 19.6 Å². The summed E-state index contributed by atoms with van der Waals surface area (Å²) in [5.74, 6) is 0.361. The van der Waals surface area contributed by atoms with E-state index in [4.69, 9.17) is 48.6 Å². The highest BCUT2D eigenvalue weighted by Gasteiger charge is 2.51. The van der Waals surface area contributed by atoms with Gasteiger partial charge in [-0.15, -0.1) is 6.42 Å². The quantitative estimate of drug-likeness (QED) is 0.101. The molecule has 0 saturated heterocycles. The molecule has 0 saturated carbocycles. The summed E-state index contributed by atoms with van der Waals surface area (Å²) in [5.41, 5.74) is -0.639. The number of rotatable bonds is 13. The fourth-order valence-electron chi connectivity index (χ4n) is 3.86. The van der Waals surface area contributed by atoms with Crippen LogP contribution in [0.5, 0.6) is 0 Å². The van der Waals surface area contributed by atoms with Gasteiger partial charge in [0.2, 0.25) is 5.28 Å². The standard InChI is InChI=1S/C26H28Cl2N4O6/c1-5-18(14-32-16-29-20-21(27)30-25(28)31-22(20)32)19(35-4)15-38-26(23(33)36-6-2,24(34)37-7-3)13-17-11-9-8-10-12-17/h1,8-12,16,18-19H,6-7,13-15H2,2-4H3. The minimum Gasteiger partial charge on any atom is -0.463 e. The highest BCUT2D eigenvalue weighted by molar-refractivity contribution is 6.35. The second-order valence-electron chi connectivity index (χ2n) is 8.14. The molecule has 3 rings (SSSR count). The fourth-order valence-corrected chi connectivity index (χ4v) is 4.28. The number of nitrogens with zero attached hydrogens (tertiary/aromatic N) is 4. The third-order valence-corrected chi connectivity index (χ3v) is 6.19. The largest absolute Gasteiger partial charge is 0.463 e. The zero-order valence-electron chi connectivity index (χ0n) is 21.2. The SMILES string of the molecule is C#CC(Cn1cnc2c(Cl)nc(Cl)nc21)C(COC(Cc1ccccc1)(C(=O)OCC)C(=O)OCC)OC. The van der Waals surface area contributed by atoms with E-state index in [1.165, 1.54) is 13.4 Å². The van der Waals surface area contributed by atoms with Crippen LogP contribution in [0.3, 0.4) is 0 Å². The summed E-state index contributed by atoms with van der Waals surface area (Å²) >= 11 is 12.1. The number of aromatic nitrogens is 4. The van der Waals surface area contributed by atoms with E-state index < -0.39 is 29.6 Å². The molecule has 202 valence electrons. The number of carbonyl (C=O) groups is 2. The molecule has 0 fully saturated rings. The van der Waals surface area contributed by atoms with Gasteiger partial charge in [0.25, 0.3) is 5.60 Å². The molecule has 1 aromatic carbocycles. The number of halogens is 2. The number of terminal acetylenes is 1. The van der Waals surface area contributed by atoms with Crippen LogP contribution in [0.25, 0.3) is 11.2 Å². The van der Waals surface area contributed by atoms with Gasteiger partial charge in [-0.1, -0.05) is 47.9 Å². The van der Waals surface area contributed by atoms with Crippen LogP contribution in [-0.4, -0.2) is 70.1 Å². The molecule has 2 atom stereocenters. The van der Waals surface area contributed by atoms with Crippen LogP contribution in [0.2, 0.25) is 10.4 Å². The number of imidazole rings is 1. The predicted molar refractivity (Wildman–Crippen MR) is 141 cm³/mol. The van der Waals surface area contributed by atoms with Gasteiger partial charge in [0, 0.05) is 20.1 Å². The molecule has 0 aliphatic rings. The lowest BCUT2D eigenvalue weighted by molar-refractivity contribution is -0.195. The lowest BCUT2D eigenvalue weighted by atomic mass is 9.93. The van der Waals surface area contributed by atoms with Crippen LogP contribution in [0.4, 0.5) is 0 Å². The number of fused-ring (bicyclic) bond motifs is 1. The molecule has 0 N–H and O–H groups in total. The van der Waals surface area contributed by atoms with Crippen LogP contribution < -0.4 is 0 Å². The Bertz CT molecular complexity index is 1280. The predicted octanol–water partition coefficient (Wildman–Crippen LogP) is 3.52. The van der Waals surface area contributed by atoms with Crippen molar-refractivity contribution >= 4 is 46.3 Å². The second-order valence-corrected chi connectivity index (χ2v) is 8.84. The Balaban J connectivity index is 1.91. The van der Waals surface area contributed by atoms with E-state index in [9.17, 15) is 9.59 Å². The van der Waals surface area contributed by atoms with Crippen molar-refractivity contribution in [3.8, 4) is 12.3 Å². The number of hydrogen-bond acceptors (Lipinski definition) is 9. The highest BCUT2D eigenvalue weighted by Crippen LogP contribution is 2.26. The van der Waals surface area contributed by atoms with Crippen molar-refractivity contribution in [3.05, 3.63) is 52.7 Å². The van der Waals surface area contributed by atoms with E-state index in [1.807, 2.05) is 6.07 Å². The Morgan fingerprint density at radius 1 is 1.11 bits per heavy atom. The molecular weight excluding hydrogens is 535 g/mol. The summed E-state index contributed by atoms with van der Waals surface area (Å²) in [6.45, 7) is 3.33. The molecule has 2 aromatic heterocycles. The van der Waals surface area contributed by atoms with Gasteiger partial charge < -0.3 is 23.5 Å². The Kier molecular flexibility index (Phi) is 10.4. The molecule has 0 bridgehead atoms. The van der Waals surface area contributed by atoms with Crippen LogP contribution in [0, 0.1) is 18.3 Å². The van der Waals surface area contributed by atoms with Crippen molar-refractivity contribution in [1.29, 1.82) is 0 Å². The normalized spacial score (nSPS) is 13.1. The zero-order chi connectivity index (χ0) is 27.7. The minimum absolute atomic E-state index is 0.0392.